The van der Waals surface area contributed by atoms with Gasteiger partial charge in [-0.1, -0.05) is 6.07 Å². The highest BCUT2D eigenvalue weighted by Crippen LogP contribution is 2.19. The normalized spacial score (nSPS) is 11.2. The lowest BCUT2D eigenvalue weighted by Crippen LogP contribution is -2.47. The maximum Gasteiger partial charge on any atom is 0.244 e. The maximum atomic E-state index is 11.9. The molecule has 0 aliphatic carbocycles. The van der Waals surface area contributed by atoms with Gasteiger partial charge in [0.15, 0.2) is 0 Å². The van der Waals surface area contributed by atoms with Crippen molar-refractivity contribution in [1.29, 1.82) is 0 Å². The van der Waals surface area contributed by atoms with Crippen LogP contribution in [0.1, 0.15) is 13.8 Å². The molecule has 2 N–H and O–H groups in total. The number of carbonyl (C=O) groups excluding carboxylic acids is 1. The van der Waals surface area contributed by atoms with Crippen molar-refractivity contribution in [3.8, 4) is 0 Å². The topological polar surface area (TPSA) is 41.1 Å². The lowest BCUT2D eigenvalue weighted by atomic mass is 10.1. The van der Waals surface area contributed by atoms with E-state index >= 15 is 0 Å². The Morgan fingerprint density at radius 2 is 2.06 bits per heavy atom. The third kappa shape index (κ3) is 3.25. The van der Waals surface area contributed by atoms with E-state index in [-0.39, 0.29) is 5.91 Å². The van der Waals surface area contributed by atoms with Crippen LogP contribution in [0, 0.1) is 0 Å². The minimum atomic E-state index is -0.560. The number of likely N-dealkylation sites (N-methyl/N-ethyl adjacent to an activating group) is 1. The minimum Gasteiger partial charge on any atom is -0.324 e. The fourth-order valence-corrected chi connectivity index (χ4v) is 1.56. The number of amides is 1. The molecule has 1 aromatic carbocycles. The fraction of sp³-hybridized carbons (Fsp3) is 0.417. The zero-order chi connectivity index (χ0) is 12.2. The molecule has 0 aliphatic rings. The summed E-state index contributed by atoms with van der Waals surface area (Å²) in [5, 5.41) is 5.87. The van der Waals surface area contributed by atoms with Gasteiger partial charge in [-0.3, -0.25) is 4.79 Å². The summed E-state index contributed by atoms with van der Waals surface area (Å²) >= 11 is 1.66. The van der Waals surface area contributed by atoms with E-state index < -0.39 is 5.54 Å². The van der Waals surface area contributed by atoms with Crippen LogP contribution in [0.4, 0.5) is 5.69 Å². The summed E-state index contributed by atoms with van der Waals surface area (Å²) in [7, 11) is 1.78. The van der Waals surface area contributed by atoms with Gasteiger partial charge in [0.05, 0.1) is 5.54 Å². The van der Waals surface area contributed by atoms with Gasteiger partial charge in [0, 0.05) is 10.6 Å². The van der Waals surface area contributed by atoms with E-state index in [0.29, 0.717) is 0 Å². The summed E-state index contributed by atoms with van der Waals surface area (Å²) < 4.78 is 0. The summed E-state index contributed by atoms with van der Waals surface area (Å²) in [6, 6.07) is 7.81. The Bertz CT molecular complexity index is 377. The molecular formula is C12H18N2OS. The van der Waals surface area contributed by atoms with Crippen molar-refractivity contribution in [3.05, 3.63) is 24.3 Å². The van der Waals surface area contributed by atoms with Crippen molar-refractivity contribution in [2.75, 3.05) is 18.6 Å². The highest BCUT2D eigenvalue weighted by molar-refractivity contribution is 7.98. The Balaban J connectivity index is 2.77. The lowest BCUT2D eigenvalue weighted by molar-refractivity contribution is -0.121. The molecule has 0 aromatic heterocycles. The summed E-state index contributed by atoms with van der Waals surface area (Å²) in [6.45, 7) is 3.70. The SMILES string of the molecule is CNC(C)(C)C(=O)Nc1cccc(SC)c1. The molecule has 0 aliphatic heterocycles. The summed E-state index contributed by atoms with van der Waals surface area (Å²) in [5.74, 6) is -0.0340. The van der Waals surface area contributed by atoms with Gasteiger partial charge in [-0.15, -0.1) is 11.8 Å². The second-order valence-corrected chi connectivity index (χ2v) is 4.94. The van der Waals surface area contributed by atoms with Crippen LogP contribution in [-0.4, -0.2) is 24.7 Å². The first-order valence-electron chi connectivity index (χ1n) is 5.14. The molecule has 0 fully saturated rings. The molecular weight excluding hydrogens is 220 g/mol. The third-order valence-electron chi connectivity index (χ3n) is 2.52. The second-order valence-electron chi connectivity index (χ2n) is 4.06. The van der Waals surface area contributed by atoms with E-state index in [1.54, 1.807) is 18.8 Å². The van der Waals surface area contributed by atoms with Crippen LogP contribution in [0.25, 0.3) is 0 Å². The molecule has 1 amide bonds. The van der Waals surface area contributed by atoms with E-state index in [2.05, 4.69) is 10.6 Å². The Morgan fingerprint density at radius 3 is 2.62 bits per heavy atom. The van der Waals surface area contributed by atoms with Crippen LogP contribution >= 0.6 is 11.8 Å². The van der Waals surface area contributed by atoms with Crippen LogP contribution in [0.5, 0.6) is 0 Å². The van der Waals surface area contributed by atoms with Gasteiger partial charge in [0.1, 0.15) is 0 Å². The van der Waals surface area contributed by atoms with Gasteiger partial charge in [-0.2, -0.15) is 0 Å². The Kier molecular flexibility index (Phi) is 4.38. The molecule has 3 nitrogen and oxygen atoms in total. The molecule has 0 saturated carbocycles. The van der Waals surface area contributed by atoms with Crippen LogP contribution < -0.4 is 10.6 Å². The van der Waals surface area contributed by atoms with Crippen LogP contribution in [-0.2, 0) is 4.79 Å². The molecule has 0 atom stereocenters. The Hall–Kier alpha value is -1.00. The van der Waals surface area contributed by atoms with Gasteiger partial charge in [0.25, 0.3) is 0 Å². The van der Waals surface area contributed by atoms with Gasteiger partial charge < -0.3 is 10.6 Å². The molecule has 1 rings (SSSR count). The standard InChI is InChI=1S/C12H18N2OS/c1-12(2,13-3)11(15)14-9-6-5-7-10(8-9)16-4/h5-8,13H,1-4H3,(H,14,15). The van der Waals surface area contributed by atoms with E-state index in [1.165, 1.54) is 0 Å². The fourth-order valence-electron chi connectivity index (χ4n) is 1.10. The molecule has 0 unspecified atom stereocenters. The van der Waals surface area contributed by atoms with Crippen LogP contribution in [0.3, 0.4) is 0 Å². The predicted molar refractivity (Wildman–Crippen MR) is 70.0 cm³/mol. The van der Waals surface area contributed by atoms with Crippen molar-refractivity contribution in [2.24, 2.45) is 0 Å². The zero-order valence-corrected chi connectivity index (χ0v) is 10.9. The molecule has 0 radical (unpaired) electrons. The first-order valence-corrected chi connectivity index (χ1v) is 6.36. The van der Waals surface area contributed by atoms with Crippen LogP contribution in [0.2, 0.25) is 0 Å². The molecule has 4 heteroatoms. The predicted octanol–water partition coefficient (Wildman–Crippen LogP) is 2.34. The smallest absolute Gasteiger partial charge is 0.244 e. The number of nitrogens with one attached hydrogen (secondary N) is 2. The molecule has 16 heavy (non-hydrogen) atoms. The lowest BCUT2D eigenvalue weighted by Gasteiger charge is -2.22. The molecule has 88 valence electrons. The van der Waals surface area contributed by atoms with E-state index in [9.17, 15) is 4.79 Å². The van der Waals surface area contributed by atoms with E-state index in [0.717, 1.165) is 10.6 Å². The molecule has 0 saturated heterocycles. The van der Waals surface area contributed by atoms with Gasteiger partial charge >= 0.3 is 0 Å². The molecule has 0 bridgehead atoms. The second kappa shape index (κ2) is 5.37. The number of rotatable bonds is 4. The molecule has 1 aromatic rings. The van der Waals surface area contributed by atoms with E-state index in [4.69, 9.17) is 0 Å². The largest absolute Gasteiger partial charge is 0.324 e. The van der Waals surface area contributed by atoms with Crippen molar-refractivity contribution in [3.63, 3.8) is 0 Å². The highest BCUT2D eigenvalue weighted by atomic mass is 32.2. The first-order chi connectivity index (χ1) is 7.49. The number of hydrogen-bond donors (Lipinski definition) is 2. The summed E-state index contributed by atoms with van der Waals surface area (Å²) in [5.41, 5.74) is 0.273. The molecule has 0 spiro atoms. The van der Waals surface area contributed by atoms with Gasteiger partial charge in [0.2, 0.25) is 5.91 Å². The summed E-state index contributed by atoms with van der Waals surface area (Å²) in [6.07, 6.45) is 2.01. The Morgan fingerprint density at radius 1 is 1.38 bits per heavy atom. The van der Waals surface area contributed by atoms with Crippen molar-refractivity contribution < 1.29 is 4.79 Å². The molecule has 0 heterocycles. The van der Waals surface area contributed by atoms with Crippen molar-refractivity contribution in [1.82, 2.24) is 5.32 Å². The van der Waals surface area contributed by atoms with Gasteiger partial charge in [-0.25, -0.2) is 0 Å². The zero-order valence-electron chi connectivity index (χ0n) is 10.1. The van der Waals surface area contributed by atoms with Gasteiger partial charge in [-0.05, 0) is 45.4 Å². The van der Waals surface area contributed by atoms with Crippen LogP contribution in [0.15, 0.2) is 29.2 Å². The third-order valence-corrected chi connectivity index (χ3v) is 3.25. The number of carbonyl (C=O) groups is 1. The highest BCUT2D eigenvalue weighted by Gasteiger charge is 2.24. The average molecular weight is 238 g/mol. The summed E-state index contributed by atoms with van der Waals surface area (Å²) in [4.78, 5) is 13.0. The number of benzene rings is 1. The Labute approximate surface area is 101 Å². The monoisotopic (exact) mass is 238 g/mol. The van der Waals surface area contributed by atoms with Crippen molar-refractivity contribution in [2.45, 2.75) is 24.3 Å². The first kappa shape index (κ1) is 13.1. The maximum absolute atomic E-state index is 11.9. The number of anilines is 1. The number of hydrogen-bond acceptors (Lipinski definition) is 3. The quantitative estimate of drug-likeness (QED) is 0.791. The average Bonchev–Trinajstić information content (AvgIpc) is 2.29. The minimum absolute atomic E-state index is 0.0340. The van der Waals surface area contributed by atoms with Crippen molar-refractivity contribution >= 4 is 23.4 Å². The number of thioether (sulfide) groups is 1. The van der Waals surface area contributed by atoms with E-state index in [1.807, 2.05) is 44.4 Å².